The predicted molar refractivity (Wildman–Crippen MR) is 88.8 cm³/mol. The number of urea groups is 1. The maximum atomic E-state index is 12.1. The summed E-state index contributed by atoms with van der Waals surface area (Å²) in [5.74, 6) is 0.312. The Balaban J connectivity index is 1.83. The molecule has 1 aromatic heterocycles. The van der Waals surface area contributed by atoms with Gasteiger partial charge in [-0.3, -0.25) is 0 Å². The molecule has 2 rings (SSSR count). The monoisotopic (exact) mass is 302 g/mol. The largest absolute Gasteiger partial charge is 0.337 e. The molecule has 0 aliphatic heterocycles. The molecular weight excluding hydrogens is 280 g/mol. The molecular formula is C17H22N2OS. The highest BCUT2D eigenvalue weighted by Gasteiger charge is 2.12. The number of carbonyl (C=O) groups is 1. The summed E-state index contributed by atoms with van der Waals surface area (Å²) < 4.78 is 0. The number of hydrogen-bond acceptors (Lipinski definition) is 2. The molecule has 0 aliphatic carbocycles. The second-order valence-corrected chi connectivity index (χ2v) is 6.38. The fraction of sp³-hybridized carbons (Fsp3) is 0.353. The van der Waals surface area contributed by atoms with Crippen LogP contribution < -0.4 is 5.32 Å². The van der Waals surface area contributed by atoms with Crippen LogP contribution in [0.2, 0.25) is 0 Å². The van der Waals surface area contributed by atoms with Crippen LogP contribution in [-0.4, -0.2) is 24.5 Å². The van der Waals surface area contributed by atoms with Gasteiger partial charge in [-0.15, -0.1) is 11.3 Å². The first kappa shape index (κ1) is 15.6. The third-order valence-electron chi connectivity index (χ3n) is 3.62. The summed E-state index contributed by atoms with van der Waals surface area (Å²) in [4.78, 5) is 15.1. The molecule has 112 valence electrons. The SMILES string of the molecule is Cc1ccsc1CN(C)C(=O)NCC(C)c1ccccc1. The van der Waals surface area contributed by atoms with Crippen molar-refractivity contribution in [1.29, 1.82) is 0 Å². The van der Waals surface area contributed by atoms with Gasteiger partial charge in [0.05, 0.1) is 6.54 Å². The molecule has 2 aromatic rings. The van der Waals surface area contributed by atoms with Crippen LogP contribution in [0.1, 0.15) is 28.8 Å². The lowest BCUT2D eigenvalue weighted by molar-refractivity contribution is 0.206. The smallest absolute Gasteiger partial charge is 0.317 e. The number of nitrogens with one attached hydrogen (secondary N) is 1. The van der Waals surface area contributed by atoms with Gasteiger partial charge in [-0.05, 0) is 35.4 Å². The van der Waals surface area contributed by atoms with E-state index in [9.17, 15) is 4.79 Å². The number of aryl methyl sites for hydroxylation is 1. The molecule has 2 amide bonds. The Morgan fingerprint density at radius 1 is 1.29 bits per heavy atom. The van der Waals surface area contributed by atoms with Crippen LogP contribution >= 0.6 is 11.3 Å². The topological polar surface area (TPSA) is 32.3 Å². The maximum Gasteiger partial charge on any atom is 0.317 e. The third-order valence-corrected chi connectivity index (χ3v) is 4.63. The van der Waals surface area contributed by atoms with E-state index in [2.05, 4.69) is 42.7 Å². The lowest BCUT2D eigenvalue weighted by Crippen LogP contribution is -2.38. The van der Waals surface area contributed by atoms with E-state index in [1.807, 2.05) is 25.2 Å². The Morgan fingerprint density at radius 2 is 2.00 bits per heavy atom. The first-order valence-electron chi connectivity index (χ1n) is 7.15. The summed E-state index contributed by atoms with van der Waals surface area (Å²) in [6, 6.07) is 12.3. The summed E-state index contributed by atoms with van der Waals surface area (Å²) in [6.07, 6.45) is 0. The highest BCUT2D eigenvalue weighted by molar-refractivity contribution is 7.10. The fourth-order valence-corrected chi connectivity index (χ4v) is 3.09. The van der Waals surface area contributed by atoms with E-state index in [4.69, 9.17) is 0 Å². The van der Waals surface area contributed by atoms with Gasteiger partial charge >= 0.3 is 6.03 Å². The van der Waals surface area contributed by atoms with Gasteiger partial charge in [0.1, 0.15) is 0 Å². The summed E-state index contributed by atoms with van der Waals surface area (Å²) in [6.45, 7) is 5.51. The van der Waals surface area contributed by atoms with Gasteiger partial charge in [0, 0.05) is 18.5 Å². The Kier molecular flexibility index (Phi) is 5.39. The van der Waals surface area contributed by atoms with Gasteiger partial charge in [0.25, 0.3) is 0 Å². The molecule has 3 nitrogen and oxygen atoms in total. The number of carbonyl (C=O) groups excluding carboxylic acids is 1. The first-order valence-corrected chi connectivity index (χ1v) is 8.02. The zero-order valence-corrected chi connectivity index (χ0v) is 13.6. The zero-order valence-electron chi connectivity index (χ0n) is 12.8. The minimum Gasteiger partial charge on any atom is -0.337 e. The van der Waals surface area contributed by atoms with E-state index in [0.717, 1.165) is 0 Å². The summed E-state index contributed by atoms with van der Waals surface area (Å²) in [7, 11) is 1.83. The highest BCUT2D eigenvalue weighted by atomic mass is 32.1. The van der Waals surface area contributed by atoms with E-state index < -0.39 is 0 Å². The number of thiophene rings is 1. The van der Waals surface area contributed by atoms with Crippen molar-refractivity contribution in [3.8, 4) is 0 Å². The fourth-order valence-electron chi connectivity index (χ4n) is 2.13. The molecule has 1 heterocycles. The molecule has 0 bridgehead atoms. The lowest BCUT2D eigenvalue weighted by Gasteiger charge is -2.20. The maximum absolute atomic E-state index is 12.1. The summed E-state index contributed by atoms with van der Waals surface area (Å²) >= 11 is 1.69. The van der Waals surface area contributed by atoms with Gasteiger partial charge in [0.15, 0.2) is 0 Å². The van der Waals surface area contributed by atoms with Crippen LogP contribution in [0.4, 0.5) is 4.79 Å². The molecule has 1 N–H and O–H groups in total. The number of nitrogens with zero attached hydrogens (tertiary/aromatic N) is 1. The third kappa shape index (κ3) is 4.33. The Bertz CT molecular complexity index is 579. The van der Waals surface area contributed by atoms with Crippen molar-refractivity contribution in [3.05, 3.63) is 57.8 Å². The quantitative estimate of drug-likeness (QED) is 0.889. The van der Waals surface area contributed by atoms with E-state index in [-0.39, 0.29) is 6.03 Å². The molecule has 1 unspecified atom stereocenters. The molecule has 0 spiro atoms. The van der Waals surface area contributed by atoms with Crippen molar-refractivity contribution in [2.24, 2.45) is 0 Å². The van der Waals surface area contributed by atoms with Crippen LogP contribution in [0.3, 0.4) is 0 Å². The predicted octanol–water partition coefficient (Wildman–Crippen LogP) is 4.00. The van der Waals surface area contributed by atoms with Crippen molar-refractivity contribution in [2.75, 3.05) is 13.6 Å². The number of amides is 2. The van der Waals surface area contributed by atoms with E-state index in [1.54, 1.807) is 16.2 Å². The standard InChI is InChI=1S/C17H22N2OS/c1-13-9-10-21-16(13)12-19(3)17(20)18-11-14(2)15-7-5-4-6-8-15/h4-10,14H,11-12H2,1-3H3,(H,18,20). The van der Waals surface area contributed by atoms with Gasteiger partial charge in [-0.25, -0.2) is 4.79 Å². The van der Waals surface area contributed by atoms with Gasteiger partial charge < -0.3 is 10.2 Å². The molecule has 0 radical (unpaired) electrons. The molecule has 1 aromatic carbocycles. The van der Waals surface area contributed by atoms with E-state index in [1.165, 1.54) is 16.0 Å². The van der Waals surface area contributed by atoms with E-state index in [0.29, 0.717) is 19.0 Å². The summed E-state index contributed by atoms with van der Waals surface area (Å²) in [5.41, 5.74) is 2.49. The van der Waals surface area contributed by atoms with Gasteiger partial charge in [-0.2, -0.15) is 0 Å². The molecule has 0 saturated carbocycles. The van der Waals surface area contributed by atoms with Crippen LogP contribution in [-0.2, 0) is 6.54 Å². The van der Waals surface area contributed by atoms with Crippen LogP contribution in [0, 0.1) is 6.92 Å². The van der Waals surface area contributed by atoms with Crippen molar-refractivity contribution in [3.63, 3.8) is 0 Å². The minimum atomic E-state index is -0.0226. The first-order chi connectivity index (χ1) is 10.1. The number of rotatable bonds is 5. The van der Waals surface area contributed by atoms with E-state index >= 15 is 0 Å². The highest BCUT2D eigenvalue weighted by Crippen LogP contribution is 2.17. The van der Waals surface area contributed by atoms with Crippen molar-refractivity contribution >= 4 is 17.4 Å². The Labute approximate surface area is 130 Å². The Hall–Kier alpha value is -1.81. The summed E-state index contributed by atoms with van der Waals surface area (Å²) in [5, 5.41) is 5.07. The van der Waals surface area contributed by atoms with Crippen LogP contribution in [0.25, 0.3) is 0 Å². The molecule has 0 aliphatic rings. The minimum absolute atomic E-state index is 0.0226. The molecule has 0 saturated heterocycles. The molecule has 21 heavy (non-hydrogen) atoms. The van der Waals surface area contributed by atoms with Crippen LogP contribution in [0.5, 0.6) is 0 Å². The molecule has 4 heteroatoms. The number of benzene rings is 1. The molecule has 1 atom stereocenters. The van der Waals surface area contributed by atoms with Crippen LogP contribution in [0.15, 0.2) is 41.8 Å². The van der Waals surface area contributed by atoms with Crippen molar-refractivity contribution in [2.45, 2.75) is 26.3 Å². The second kappa shape index (κ2) is 7.27. The van der Waals surface area contributed by atoms with Crippen molar-refractivity contribution in [1.82, 2.24) is 10.2 Å². The molecule has 0 fully saturated rings. The number of hydrogen-bond donors (Lipinski definition) is 1. The average Bonchev–Trinajstić information content (AvgIpc) is 2.90. The zero-order chi connectivity index (χ0) is 15.2. The Morgan fingerprint density at radius 3 is 2.62 bits per heavy atom. The average molecular weight is 302 g/mol. The lowest BCUT2D eigenvalue weighted by atomic mass is 10.0. The van der Waals surface area contributed by atoms with Gasteiger partial charge in [0.2, 0.25) is 0 Å². The van der Waals surface area contributed by atoms with Gasteiger partial charge in [-0.1, -0.05) is 37.3 Å². The normalized spacial score (nSPS) is 12.0. The van der Waals surface area contributed by atoms with Crippen molar-refractivity contribution < 1.29 is 4.79 Å². The second-order valence-electron chi connectivity index (χ2n) is 5.38.